The molecule has 154 valence electrons. The van der Waals surface area contributed by atoms with Gasteiger partial charge in [-0.25, -0.2) is 9.37 Å². The minimum absolute atomic E-state index is 0.0190. The highest BCUT2D eigenvalue weighted by Gasteiger charge is 2.21. The summed E-state index contributed by atoms with van der Waals surface area (Å²) in [6.45, 7) is 4.44. The Morgan fingerprint density at radius 1 is 1.20 bits per heavy atom. The van der Waals surface area contributed by atoms with Crippen molar-refractivity contribution in [2.75, 3.05) is 10.7 Å². The minimum Gasteiger partial charge on any atom is -0.467 e. The molecular formula is C23H21FN2O2S2. The van der Waals surface area contributed by atoms with E-state index in [9.17, 15) is 9.18 Å². The van der Waals surface area contributed by atoms with Crippen molar-refractivity contribution in [2.45, 2.75) is 31.7 Å². The Labute approximate surface area is 182 Å². The number of amides is 1. The monoisotopic (exact) mass is 440 g/mol. The fourth-order valence-electron chi connectivity index (χ4n) is 3.22. The molecule has 0 saturated heterocycles. The molecule has 0 aliphatic carbocycles. The largest absolute Gasteiger partial charge is 0.467 e. The van der Waals surface area contributed by atoms with Crippen molar-refractivity contribution >= 4 is 44.4 Å². The first-order valence-corrected chi connectivity index (χ1v) is 11.4. The normalized spacial score (nSPS) is 11.2. The van der Waals surface area contributed by atoms with Crippen molar-refractivity contribution < 1.29 is 13.6 Å². The van der Waals surface area contributed by atoms with Crippen LogP contribution in [0.25, 0.3) is 10.2 Å². The number of aromatic nitrogens is 1. The fourth-order valence-corrected chi connectivity index (χ4v) is 5.22. The summed E-state index contributed by atoms with van der Waals surface area (Å²) < 4.78 is 19.6. The van der Waals surface area contributed by atoms with Crippen molar-refractivity contribution in [1.29, 1.82) is 0 Å². The lowest BCUT2D eigenvalue weighted by Crippen LogP contribution is -2.30. The van der Waals surface area contributed by atoms with Crippen LogP contribution in [-0.4, -0.2) is 16.6 Å². The van der Waals surface area contributed by atoms with E-state index in [0.29, 0.717) is 29.6 Å². The van der Waals surface area contributed by atoms with Crippen LogP contribution in [0.5, 0.6) is 0 Å². The second kappa shape index (κ2) is 9.02. The number of rotatable bonds is 7. The number of fused-ring (bicyclic) bond motifs is 1. The molecule has 0 aliphatic heterocycles. The number of hydrogen-bond acceptors (Lipinski definition) is 5. The summed E-state index contributed by atoms with van der Waals surface area (Å²) >= 11 is 3.05. The maximum Gasteiger partial charge on any atom is 0.230 e. The Kier molecular flexibility index (Phi) is 6.20. The number of aryl methyl sites for hydroxylation is 2. The van der Waals surface area contributed by atoms with Gasteiger partial charge in [0, 0.05) is 17.1 Å². The smallest absolute Gasteiger partial charge is 0.230 e. The molecule has 4 aromatic rings. The number of nitrogens with zero attached hydrogens (tertiary/aromatic N) is 2. The number of furan rings is 1. The van der Waals surface area contributed by atoms with Crippen LogP contribution in [0.2, 0.25) is 0 Å². The lowest BCUT2D eigenvalue weighted by Gasteiger charge is -2.18. The Hall–Kier alpha value is -2.64. The van der Waals surface area contributed by atoms with Gasteiger partial charge in [0.2, 0.25) is 5.91 Å². The topological polar surface area (TPSA) is 46.3 Å². The van der Waals surface area contributed by atoms with Gasteiger partial charge >= 0.3 is 0 Å². The second-order valence-corrected chi connectivity index (χ2v) is 9.21. The third-order valence-electron chi connectivity index (χ3n) is 4.64. The highest BCUT2D eigenvalue weighted by Crippen LogP contribution is 2.33. The average Bonchev–Trinajstić information content (AvgIpc) is 3.37. The Morgan fingerprint density at radius 2 is 2.00 bits per heavy atom. The average molecular weight is 441 g/mol. The van der Waals surface area contributed by atoms with Gasteiger partial charge in [0.25, 0.3) is 0 Å². The van der Waals surface area contributed by atoms with Gasteiger partial charge in [-0.1, -0.05) is 17.4 Å². The molecule has 7 heteroatoms. The van der Waals surface area contributed by atoms with Crippen LogP contribution in [0.3, 0.4) is 0 Å². The molecule has 2 aromatic heterocycles. The van der Waals surface area contributed by atoms with Gasteiger partial charge in [0.15, 0.2) is 5.13 Å². The van der Waals surface area contributed by atoms with E-state index in [2.05, 4.69) is 19.1 Å². The lowest BCUT2D eigenvalue weighted by atomic mass is 10.1. The van der Waals surface area contributed by atoms with Gasteiger partial charge in [0.1, 0.15) is 11.6 Å². The van der Waals surface area contributed by atoms with E-state index >= 15 is 0 Å². The van der Waals surface area contributed by atoms with Gasteiger partial charge in [0.05, 0.1) is 23.0 Å². The highest BCUT2D eigenvalue weighted by molar-refractivity contribution is 7.99. The molecule has 0 saturated carbocycles. The van der Waals surface area contributed by atoms with Crippen molar-refractivity contribution in [3.8, 4) is 0 Å². The van der Waals surface area contributed by atoms with Gasteiger partial charge in [-0.05, 0) is 67.4 Å². The zero-order valence-electron chi connectivity index (χ0n) is 16.7. The van der Waals surface area contributed by atoms with E-state index in [1.165, 1.54) is 40.8 Å². The predicted octanol–water partition coefficient (Wildman–Crippen LogP) is 6.36. The van der Waals surface area contributed by atoms with Crippen molar-refractivity contribution in [1.82, 2.24) is 4.98 Å². The van der Waals surface area contributed by atoms with Gasteiger partial charge < -0.3 is 4.42 Å². The SMILES string of the molecule is Cc1cc(C)c2nc(N(Cc3ccco3)C(=O)CCSc3ccc(F)cc3)sc2c1. The van der Waals surface area contributed by atoms with E-state index in [1.54, 1.807) is 23.3 Å². The van der Waals surface area contributed by atoms with Crippen LogP contribution in [-0.2, 0) is 11.3 Å². The molecule has 0 spiro atoms. The first-order valence-electron chi connectivity index (χ1n) is 9.58. The molecule has 2 aromatic carbocycles. The number of thioether (sulfide) groups is 1. The highest BCUT2D eigenvalue weighted by atomic mass is 32.2. The molecular weight excluding hydrogens is 419 g/mol. The maximum absolute atomic E-state index is 13.1. The number of halogens is 1. The van der Waals surface area contributed by atoms with Gasteiger partial charge in [-0.15, -0.1) is 11.8 Å². The molecule has 0 atom stereocenters. The Balaban J connectivity index is 1.54. The first-order chi connectivity index (χ1) is 14.5. The predicted molar refractivity (Wildman–Crippen MR) is 121 cm³/mol. The van der Waals surface area contributed by atoms with Crippen LogP contribution in [0.15, 0.2) is 64.1 Å². The summed E-state index contributed by atoms with van der Waals surface area (Å²) in [5, 5.41) is 0.673. The number of benzene rings is 2. The number of thiazole rings is 1. The minimum atomic E-state index is -0.263. The molecule has 0 aliphatic rings. The summed E-state index contributed by atoms with van der Waals surface area (Å²) in [6.07, 6.45) is 1.95. The zero-order valence-corrected chi connectivity index (χ0v) is 18.4. The lowest BCUT2D eigenvalue weighted by molar-refractivity contribution is -0.118. The molecule has 0 radical (unpaired) electrons. The molecule has 1 amide bonds. The van der Waals surface area contributed by atoms with Gasteiger partial charge in [-0.2, -0.15) is 0 Å². The van der Waals surface area contributed by atoms with Crippen molar-refractivity contribution in [3.05, 3.63) is 77.5 Å². The van der Waals surface area contributed by atoms with Crippen LogP contribution < -0.4 is 4.90 Å². The Bertz CT molecular complexity index is 1150. The quantitative estimate of drug-likeness (QED) is 0.314. The third-order valence-corrected chi connectivity index (χ3v) is 6.68. The van der Waals surface area contributed by atoms with Crippen LogP contribution in [0, 0.1) is 19.7 Å². The van der Waals surface area contributed by atoms with E-state index in [4.69, 9.17) is 9.40 Å². The summed E-state index contributed by atoms with van der Waals surface area (Å²) in [7, 11) is 0. The summed E-state index contributed by atoms with van der Waals surface area (Å²) in [5.74, 6) is 1.03. The standard InChI is InChI=1S/C23H21FN2O2S2/c1-15-12-16(2)22-20(13-15)30-23(25-22)26(14-18-4-3-10-28-18)21(27)9-11-29-19-7-5-17(24)6-8-19/h3-8,10,12-13H,9,11,14H2,1-2H3. The van der Waals surface area contributed by atoms with Crippen LogP contribution in [0.4, 0.5) is 9.52 Å². The molecule has 4 rings (SSSR count). The van der Waals surface area contributed by atoms with Crippen molar-refractivity contribution in [3.63, 3.8) is 0 Å². The Morgan fingerprint density at radius 3 is 2.73 bits per heavy atom. The van der Waals surface area contributed by atoms with E-state index in [-0.39, 0.29) is 11.7 Å². The van der Waals surface area contributed by atoms with Crippen LogP contribution >= 0.6 is 23.1 Å². The van der Waals surface area contributed by atoms with E-state index < -0.39 is 0 Å². The molecule has 0 N–H and O–H groups in total. The molecule has 0 fully saturated rings. The first kappa shape index (κ1) is 20.6. The fraction of sp³-hybridized carbons (Fsp3) is 0.217. The molecule has 4 nitrogen and oxygen atoms in total. The number of anilines is 1. The number of carbonyl (C=O) groups is 1. The zero-order chi connectivity index (χ0) is 21.1. The summed E-state index contributed by atoms with van der Waals surface area (Å²) in [4.78, 5) is 20.5. The molecule has 2 heterocycles. The van der Waals surface area contributed by atoms with Crippen molar-refractivity contribution in [2.24, 2.45) is 0 Å². The third kappa shape index (κ3) is 4.74. The molecule has 30 heavy (non-hydrogen) atoms. The summed E-state index contributed by atoms with van der Waals surface area (Å²) in [5.41, 5.74) is 3.21. The number of carbonyl (C=O) groups excluding carboxylic acids is 1. The molecule has 0 unspecified atom stereocenters. The van der Waals surface area contributed by atoms with Gasteiger partial charge in [-0.3, -0.25) is 9.69 Å². The maximum atomic E-state index is 13.1. The summed E-state index contributed by atoms with van der Waals surface area (Å²) in [6, 6.07) is 14.2. The molecule has 0 bridgehead atoms. The number of hydrogen-bond donors (Lipinski definition) is 0. The van der Waals surface area contributed by atoms with E-state index in [0.717, 1.165) is 20.7 Å². The van der Waals surface area contributed by atoms with E-state index in [1.807, 2.05) is 19.1 Å². The second-order valence-electron chi connectivity index (χ2n) is 7.04. The van der Waals surface area contributed by atoms with Crippen LogP contribution in [0.1, 0.15) is 23.3 Å².